The van der Waals surface area contributed by atoms with E-state index in [-0.39, 0.29) is 23.8 Å². The molecule has 1 heterocycles. The van der Waals surface area contributed by atoms with E-state index in [4.69, 9.17) is 14.2 Å². The predicted octanol–water partition coefficient (Wildman–Crippen LogP) is 3.46. The third-order valence-corrected chi connectivity index (χ3v) is 5.85. The lowest BCUT2D eigenvalue weighted by atomic mass is 9.77. The molecule has 0 unspecified atom stereocenters. The topological polar surface area (TPSA) is 68.2 Å². The maximum Gasteiger partial charge on any atom is 0.222 e. The summed E-state index contributed by atoms with van der Waals surface area (Å²) in [7, 11) is 4.70. The molecular weight excluding hydrogens is 358 g/mol. The van der Waals surface area contributed by atoms with Crippen LogP contribution in [0.4, 0.5) is 0 Å². The van der Waals surface area contributed by atoms with Crippen molar-refractivity contribution in [3.63, 3.8) is 0 Å². The first-order valence-corrected chi connectivity index (χ1v) is 9.93. The van der Waals surface area contributed by atoms with E-state index in [9.17, 15) is 9.90 Å². The Hall–Kier alpha value is -1.95. The first kappa shape index (κ1) is 22.3. The molecule has 1 saturated heterocycles. The minimum absolute atomic E-state index is 0.0644. The van der Waals surface area contributed by atoms with E-state index in [0.29, 0.717) is 36.1 Å². The molecule has 1 aromatic carbocycles. The zero-order chi connectivity index (χ0) is 20.9. The van der Waals surface area contributed by atoms with Crippen LogP contribution in [0, 0.1) is 11.3 Å². The van der Waals surface area contributed by atoms with Crippen LogP contribution in [0.3, 0.4) is 0 Å². The quantitative estimate of drug-likeness (QED) is 0.768. The molecule has 158 valence electrons. The lowest BCUT2D eigenvalue weighted by Crippen LogP contribution is -2.35. The molecule has 1 aliphatic rings. The summed E-state index contributed by atoms with van der Waals surface area (Å²) in [5.41, 5.74) is 1.06. The van der Waals surface area contributed by atoms with Gasteiger partial charge in [-0.1, -0.05) is 20.8 Å². The average molecular weight is 394 g/mol. The summed E-state index contributed by atoms with van der Waals surface area (Å²) in [6, 6.07) is 3.70. The standard InChI is InChI=1S/C22H35NO5/c1-22(2,3)17-7-8-20(25)23(10-9-17)13-16(14-24)15-11-18(26-4)21(28-6)19(12-15)27-5/h11-12,16-17,24H,7-10,13-14H2,1-6H3/t16-,17-/m1/s1. The van der Waals surface area contributed by atoms with Crippen molar-refractivity contribution in [3.8, 4) is 17.2 Å². The summed E-state index contributed by atoms with van der Waals surface area (Å²) in [4.78, 5) is 14.6. The van der Waals surface area contributed by atoms with Crippen LogP contribution in [-0.2, 0) is 4.79 Å². The summed E-state index contributed by atoms with van der Waals surface area (Å²) in [6.07, 6.45) is 2.48. The Balaban J connectivity index is 2.23. The highest BCUT2D eigenvalue weighted by atomic mass is 16.5. The molecule has 6 nitrogen and oxygen atoms in total. The summed E-state index contributed by atoms with van der Waals surface area (Å²) in [6.45, 7) is 7.86. The lowest BCUT2D eigenvalue weighted by molar-refractivity contribution is -0.131. The highest BCUT2D eigenvalue weighted by Gasteiger charge is 2.31. The number of hydrogen-bond acceptors (Lipinski definition) is 5. The Kier molecular flexibility index (Phi) is 7.58. The number of likely N-dealkylation sites (tertiary alicyclic amines) is 1. The normalized spacial score (nSPS) is 19.2. The number of aliphatic hydroxyl groups excluding tert-OH is 1. The molecule has 6 heteroatoms. The molecule has 2 rings (SSSR count). The van der Waals surface area contributed by atoms with Gasteiger partial charge in [0.2, 0.25) is 11.7 Å². The number of amides is 1. The number of ether oxygens (including phenoxy) is 3. The smallest absolute Gasteiger partial charge is 0.222 e. The van der Waals surface area contributed by atoms with Crippen LogP contribution in [0.5, 0.6) is 17.2 Å². The largest absolute Gasteiger partial charge is 0.493 e. The van der Waals surface area contributed by atoms with Crippen LogP contribution in [-0.4, -0.2) is 56.9 Å². The number of carbonyl (C=O) groups is 1. The van der Waals surface area contributed by atoms with Gasteiger partial charge in [-0.15, -0.1) is 0 Å². The molecule has 28 heavy (non-hydrogen) atoms. The fraction of sp³-hybridized carbons (Fsp3) is 0.682. The van der Waals surface area contributed by atoms with E-state index in [0.717, 1.165) is 24.9 Å². The molecular formula is C22H35NO5. The average Bonchev–Trinajstić information content (AvgIpc) is 2.86. The van der Waals surface area contributed by atoms with Crippen molar-refractivity contribution in [2.24, 2.45) is 11.3 Å². The van der Waals surface area contributed by atoms with Gasteiger partial charge in [0.25, 0.3) is 0 Å². The zero-order valence-electron chi connectivity index (χ0n) is 18.1. The molecule has 1 fully saturated rings. The van der Waals surface area contributed by atoms with Crippen molar-refractivity contribution in [3.05, 3.63) is 17.7 Å². The summed E-state index contributed by atoms with van der Waals surface area (Å²) < 4.78 is 16.2. The first-order valence-electron chi connectivity index (χ1n) is 9.93. The number of carbonyl (C=O) groups excluding carboxylic acids is 1. The van der Waals surface area contributed by atoms with Gasteiger partial charge in [-0.05, 0) is 41.9 Å². The highest BCUT2D eigenvalue weighted by Crippen LogP contribution is 2.40. The van der Waals surface area contributed by atoms with Crippen molar-refractivity contribution >= 4 is 5.91 Å². The Morgan fingerprint density at radius 1 is 1.11 bits per heavy atom. The molecule has 0 radical (unpaired) electrons. The number of aliphatic hydroxyl groups is 1. The molecule has 1 amide bonds. The number of nitrogens with zero attached hydrogens (tertiary/aromatic N) is 1. The zero-order valence-corrected chi connectivity index (χ0v) is 18.1. The third kappa shape index (κ3) is 5.10. The first-order chi connectivity index (χ1) is 13.2. The van der Waals surface area contributed by atoms with Crippen LogP contribution < -0.4 is 14.2 Å². The monoisotopic (exact) mass is 393 g/mol. The van der Waals surface area contributed by atoms with Crippen molar-refractivity contribution < 1.29 is 24.1 Å². The Labute approximate surface area is 168 Å². The van der Waals surface area contributed by atoms with Gasteiger partial charge in [-0.2, -0.15) is 0 Å². The van der Waals surface area contributed by atoms with Gasteiger partial charge in [0.1, 0.15) is 0 Å². The predicted molar refractivity (Wildman–Crippen MR) is 109 cm³/mol. The van der Waals surface area contributed by atoms with E-state index in [1.807, 2.05) is 17.0 Å². The van der Waals surface area contributed by atoms with E-state index in [2.05, 4.69) is 20.8 Å². The second-order valence-electron chi connectivity index (χ2n) is 8.57. The van der Waals surface area contributed by atoms with Crippen LogP contribution in [0.2, 0.25) is 0 Å². The third-order valence-electron chi connectivity index (χ3n) is 5.85. The number of hydrogen-bond donors (Lipinski definition) is 1. The highest BCUT2D eigenvalue weighted by molar-refractivity contribution is 5.76. The van der Waals surface area contributed by atoms with Gasteiger partial charge < -0.3 is 24.2 Å². The van der Waals surface area contributed by atoms with Gasteiger partial charge in [0.15, 0.2) is 11.5 Å². The van der Waals surface area contributed by atoms with E-state index < -0.39 is 0 Å². The SMILES string of the molecule is COc1cc([C@@H](CO)CN2CC[C@H](C(C)(C)C)CCC2=O)cc(OC)c1OC. The Morgan fingerprint density at radius 2 is 1.71 bits per heavy atom. The van der Waals surface area contributed by atoms with E-state index >= 15 is 0 Å². The number of rotatable bonds is 7. The second kappa shape index (κ2) is 9.50. The van der Waals surface area contributed by atoms with E-state index in [1.54, 1.807) is 21.3 Å². The molecule has 0 saturated carbocycles. The van der Waals surface area contributed by atoms with E-state index in [1.165, 1.54) is 0 Å². The molecule has 0 aromatic heterocycles. The molecule has 1 N–H and O–H groups in total. The van der Waals surface area contributed by atoms with Gasteiger partial charge in [0, 0.05) is 25.4 Å². The van der Waals surface area contributed by atoms with Crippen LogP contribution in [0.1, 0.15) is 51.5 Å². The number of benzene rings is 1. The van der Waals surface area contributed by atoms with Gasteiger partial charge in [0.05, 0.1) is 27.9 Å². The summed E-state index contributed by atoms with van der Waals surface area (Å²) in [5, 5.41) is 10.1. The minimum atomic E-state index is -0.219. The van der Waals surface area contributed by atoms with Crippen molar-refractivity contribution in [2.45, 2.75) is 46.0 Å². The maximum absolute atomic E-state index is 12.7. The van der Waals surface area contributed by atoms with Gasteiger partial charge >= 0.3 is 0 Å². The Bertz CT molecular complexity index is 642. The van der Waals surface area contributed by atoms with Crippen molar-refractivity contribution in [1.29, 1.82) is 0 Å². The second-order valence-corrected chi connectivity index (χ2v) is 8.57. The maximum atomic E-state index is 12.7. The fourth-order valence-electron chi connectivity index (χ4n) is 3.97. The van der Waals surface area contributed by atoms with Gasteiger partial charge in [-0.3, -0.25) is 4.79 Å². The van der Waals surface area contributed by atoms with Crippen LogP contribution in [0.25, 0.3) is 0 Å². The van der Waals surface area contributed by atoms with Crippen molar-refractivity contribution in [2.75, 3.05) is 41.0 Å². The molecule has 0 aliphatic carbocycles. The summed E-state index contributed by atoms with van der Waals surface area (Å²) in [5.74, 6) is 2.08. The molecule has 0 spiro atoms. The van der Waals surface area contributed by atoms with Crippen LogP contribution in [0.15, 0.2) is 12.1 Å². The summed E-state index contributed by atoms with van der Waals surface area (Å²) >= 11 is 0. The van der Waals surface area contributed by atoms with Crippen molar-refractivity contribution in [1.82, 2.24) is 4.90 Å². The molecule has 2 atom stereocenters. The lowest BCUT2D eigenvalue weighted by Gasteiger charge is -2.30. The number of methoxy groups -OCH3 is 3. The Morgan fingerprint density at radius 3 is 2.18 bits per heavy atom. The fourth-order valence-corrected chi connectivity index (χ4v) is 3.97. The minimum Gasteiger partial charge on any atom is -0.493 e. The molecule has 1 aliphatic heterocycles. The molecule has 0 bridgehead atoms. The molecule has 1 aromatic rings. The van der Waals surface area contributed by atoms with Crippen LogP contribution >= 0.6 is 0 Å². The van der Waals surface area contributed by atoms with Gasteiger partial charge in [-0.25, -0.2) is 0 Å².